The average molecular weight is 243 g/mol. The highest BCUT2D eigenvalue weighted by molar-refractivity contribution is 7.15. The van der Waals surface area contributed by atoms with Gasteiger partial charge < -0.3 is 5.73 Å². The lowest BCUT2D eigenvalue weighted by Gasteiger charge is -1.99. The summed E-state index contributed by atoms with van der Waals surface area (Å²) < 4.78 is 13.5. The first-order valence-corrected chi connectivity index (χ1v) is 5.50. The average Bonchev–Trinajstić information content (AvgIpc) is 2.70. The Morgan fingerprint density at radius 2 is 2.27 bits per heavy atom. The molecule has 0 bridgehead atoms. The lowest BCUT2D eigenvalue weighted by molar-refractivity contribution is 0.631. The Morgan fingerprint density at radius 1 is 1.47 bits per heavy atom. The lowest BCUT2D eigenvalue weighted by Crippen LogP contribution is -1.93. The van der Waals surface area contributed by atoms with Crippen LogP contribution in [0, 0.1) is 5.82 Å². The van der Waals surface area contributed by atoms with E-state index >= 15 is 0 Å². The third-order valence-electron chi connectivity index (χ3n) is 1.92. The third-order valence-corrected chi connectivity index (χ3v) is 3.21. The van der Waals surface area contributed by atoms with Gasteiger partial charge in [0.15, 0.2) is 0 Å². The van der Waals surface area contributed by atoms with Crippen LogP contribution < -0.4 is 5.73 Å². The summed E-state index contributed by atoms with van der Waals surface area (Å²) in [5.74, 6) is -0.299. The highest BCUT2D eigenvalue weighted by Gasteiger charge is 2.09. The molecule has 0 radical (unpaired) electrons. The summed E-state index contributed by atoms with van der Waals surface area (Å²) in [5.41, 5.74) is 5.91. The van der Waals surface area contributed by atoms with Gasteiger partial charge in [-0.3, -0.25) is 0 Å². The Kier molecular flexibility index (Phi) is 3.00. The van der Waals surface area contributed by atoms with Crippen LogP contribution in [0.5, 0.6) is 0 Å². The van der Waals surface area contributed by atoms with E-state index in [1.807, 2.05) is 0 Å². The summed E-state index contributed by atoms with van der Waals surface area (Å²) in [4.78, 5) is 4.81. The second-order valence-electron chi connectivity index (χ2n) is 2.95. The number of nitrogens with zero attached hydrogens (tertiary/aromatic N) is 1. The first-order valence-electron chi connectivity index (χ1n) is 4.31. The normalized spacial score (nSPS) is 10.6. The van der Waals surface area contributed by atoms with Crippen LogP contribution in [0.2, 0.25) is 5.02 Å². The Bertz CT molecular complexity index is 484. The van der Waals surface area contributed by atoms with Crippen molar-refractivity contribution in [1.29, 1.82) is 0 Å². The predicted molar refractivity (Wildman–Crippen MR) is 60.4 cm³/mol. The SMILES string of the molecule is NCc1ncc(-c2cc(Cl)ccc2F)s1. The summed E-state index contributed by atoms with van der Waals surface area (Å²) in [6.07, 6.45) is 1.61. The number of nitrogens with two attached hydrogens (primary N) is 1. The molecule has 0 aliphatic rings. The van der Waals surface area contributed by atoms with Crippen molar-refractivity contribution in [3.8, 4) is 10.4 Å². The molecule has 5 heteroatoms. The van der Waals surface area contributed by atoms with Crippen molar-refractivity contribution in [3.63, 3.8) is 0 Å². The fourth-order valence-corrected chi connectivity index (χ4v) is 2.20. The minimum Gasteiger partial charge on any atom is -0.325 e. The molecular weight excluding hydrogens is 235 g/mol. The van der Waals surface area contributed by atoms with Crippen LogP contribution in [0.3, 0.4) is 0 Å². The molecule has 1 aromatic carbocycles. The van der Waals surface area contributed by atoms with Gasteiger partial charge in [0.05, 0.1) is 4.88 Å². The number of thiazole rings is 1. The molecule has 1 heterocycles. The van der Waals surface area contributed by atoms with E-state index in [0.29, 0.717) is 17.1 Å². The van der Waals surface area contributed by atoms with Crippen molar-refractivity contribution in [2.45, 2.75) is 6.54 Å². The highest BCUT2D eigenvalue weighted by Crippen LogP contribution is 2.30. The van der Waals surface area contributed by atoms with Gasteiger partial charge in [-0.15, -0.1) is 11.3 Å². The zero-order chi connectivity index (χ0) is 10.8. The zero-order valence-electron chi connectivity index (χ0n) is 7.71. The van der Waals surface area contributed by atoms with Crippen LogP contribution in [0.25, 0.3) is 10.4 Å². The van der Waals surface area contributed by atoms with E-state index in [-0.39, 0.29) is 5.82 Å². The minimum atomic E-state index is -0.299. The fourth-order valence-electron chi connectivity index (χ4n) is 1.22. The number of hydrogen-bond acceptors (Lipinski definition) is 3. The molecule has 2 rings (SSSR count). The van der Waals surface area contributed by atoms with Gasteiger partial charge in [-0.2, -0.15) is 0 Å². The van der Waals surface area contributed by atoms with E-state index in [1.54, 1.807) is 12.3 Å². The van der Waals surface area contributed by atoms with Gasteiger partial charge in [-0.05, 0) is 18.2 Å². The van der Waals surface area contributed by atoms with Crippen molar-refractivity contribution >= 4 is 22.9 Å². The summed E-state index contributed by atoms with van der Waals surface area (Å²) in [5, 5.41) is 1.29. The molecule has 1 aromatic heterocycles. The molecular formula is C10H8ClFN2S. The van der Waals surface area contributed by atoms with E-state index < -0.39 is 0 Å². The second-order valence-corrected chi connectivity index (χ2v) is 4.50. The molecule has 15 heavy (non-hydrogen) atoms. The molecule has 0 saturated heterocycles. The summed E-state index contributed by atoms with van der Waals surface area (Å²) in [7, 11) is 0. The van der Waals surface area contributed by atoms with Gasteiger partial charge in [0.2, 0.25) is 0 Å². The third kappa shape index (κ3) is 2.17. The van der Waals surface area contributed by atoms with Crippen LogP contribution >= 0.6 is 22.9 Å². The van der Waals surface area contributed by atoms with Crippen molar-refractivity contribution in [3.05, 3.63) is 40.2 Å². The topological polar surface area (TPSA) is 38.9 Å². The number of benzene rings is 1. The minimum absolute atomic E-state index is 0.299. The molecule has 0 fully saturated rings. The molecule has 0 saturated carbocycles. The molecule has 0 atom stereocenters. The van der Waals surface area contributed by atoms with Gasteiger partial charge >= 0.3 is 0 Å². The molecule has 78 valence electrons. The number of halogens is 2. The lowest BCUT2D eigenvalue weighted by atomic mass is 10.2. The molecule has 0 spiro atoms. The molecule has 2 nitrogen and oxygen atoms in total. The number of aromatic nitrogens is 1. The van der Waals surface area contributed by atoms with E-state index in [1.165, 1.54) is 23.5 Å². The maximum absolute atomic E-state index is 13.5. The van der Waals surface area contributed by atoms with Gasteiger partial charge in [-0.1, -0.05) is 11.6 Å². The van der Waals surface area contributed by atoms with E-state index in [4.69, 9.17) is 17.3 Å². The zero-order valence-corrected chi connectivity index (χ0v) is 9.28. The van der Waals surface area contributed by atoms with Crippen molar-refractivity contribution in [2.75, 3.05) is 0 Å². The van der Waals surface area contributed by atoms with Crippen LogP contribution in [0.4, 0.5) is 4.39 Å². The quantitative estimate of drug-likeness (QED) is 0.879. The van der Waals surface area contributed by atoms with Gasteiger partial charge in [0.25, 0.3) is 0 Å². The fraction of sp³-hybridized carbons (Fsp3) is 0.100. The smallest absolute Gasteiger partial charge is 0.132 e. The van der Waals surface area contributed by atoms with Gasteiger partial charge in [0, 0.05) is 23.3 Å². The molecule has 2 N–H and O–H groups in total. The second kappa shape index (κ2) is 4.26. The maximum Gasteiger partial charge on any atom is 0.132 e. The Labute approximate surface area is 95.5 Å². The van der Waals surface area contributed by atoms with Crippen LogP contribution in [0.15, 0.2) is 24.4 Å². The van der Waals surface area contributed by atoms with E-state index in [9.17, 15) is 4.39 Å². The largest absolute Gasteiger partial charge is 0.325 e. The standard InChI is InChI=1S/C10H8ClFN2S/c11-6-1-2-8(12)7(3-6)9-5-14-10(4-13)15-9/h1-3,5H,4,13H2. The van der Waals surface area contributed by atoms with Gasteiger partial charge in [0.1, 0.15) is 10.8 Å². The van der Waals surface area contributed by atoms with Crippen LogP contribution in [-0.2, 0) is 6.54 Å². The van der Waals surface area contributed by atoms with Crippen molar-refractivity contribution in [1.82, 2.24) is 4.98 Å². The first-order chi connectivity index (χ1) is 7.20. The summed E-state index contributed by atoms with van der Waals surface area (Å²) >= 11 is 7.17. The highest BCUT2D eigenvalue weighted by atomic mass is 35.5. The monoisotopic (exact) mass is 242 g/mol. The molecule has 0 unspecified atom stereocenters. The Hall–Kier alpha value is -0.970. The molecule has 0 aliphatic carbocycles. The maximum atomic E-state index is 13.5. The molecule has 0 aliphatic heterocycles. The van der Waals surface area contributed by atoms with E-state index in [2.05, 4.69) is 4.98 Å². The van der Waals surface area contributed by atoms with Crippen LogP contribution in [-0.4, -0.2) is 4.98 Å². The van der Waals surface area contributed by atoms with E-state index in [0.717, 1.165) is 9.88 Å². The summed E-state index contributed by atoms with van der Waals surface area (Å²) in [6, 6.07) is 4.45. The summed E-state index contributed by atoms with van der Waals surface area (Å²) in [6.45, 7) is 0.368. The van der Waals surface area contributed by atoms with Crippen molar-refractivity contribution in [2.24, 2.45) is 5.73 Å². The Morgan fingerprint density at radius 3 is 2.93 bits per heavy atom. The van der Waals surface area contributed by atoms with Gasteiger partial charge in [-0.25, -0.2) is 9.37 Å². The first kappa shape index (κ1) is 10.5. The number of hydrogen-bond donors (Lipinski definition) is 1. The number of rotatable bonds is 2. The van der Waals surface area contributed by atoms with Crippen molar-refractivity contribution < 1.29 is 4.39 Å². The molecule has 2 aromatic rings. The predicted octanol–water partition coefficient (Wildman–Crippen LogP) is 3.06. The van der Waals surface area contributed by atoms with Crippen LogP contribution in [0.1, 0.15) is 5.01 Å². The Balaban J connectivity index is 2.48. The molecule has 0 amide bonds.